The molecule has 6 aromatic rings. The van der Waals surface area contributed by atoms with Crippen LogP contribution in [0.1, 0.15) is 28.1 Å². The maximum Gasteiger partial charge on any atom is 0.416 e. The molecule has 0 unspecified atom stereocenters. The van der Waals surface area contributed by atoms with Crippen LogP contribution in [-0.4, -0.2) is 50.9 Å². The molecule has 2 amide bonds. The van der Waals surface area contributed by atoms with Crippen LogP contribution in [0.5, 0.6) is 0 Å². The molecule has 0 bridgehead atoms. The van der Waals surface area contributed by atoms with E-state index in [2.05, 4.69) is 25.6 Å². The van der Waals surface area contributed by atoms with Crippen molar-refractivity contribution in [3.8, 4) is 0 Å². The fraction of sp³-hybridized carbons (Fsp3) is 0.0857. The average molecular weight is 652 g/mol. The highest BCUT2D eigenvalue weighted by Gasteiger charge is 2.35. The number of H-pyrrole nitrogens is 2. The van der Waals surface area contributed by atoms with Gasteiger partial charge < -0.3 is 20.6 Å². The van der Waals surface area contributed by atoms with Crippen LogP contribution in [0.3, 0.4) is 0 Å². The molecule has 12 heteroatoms. The minimum Gasteiger partial charge on any atom is -0.351 e. The van der Waals surface area contributed by atoms with Crippen LogP contribution in [0.15, 0.2) is 96.0 Å². The van der Waals surface area contributed by atoms with E-state index in [-0.39, 0.29) is 24.9 Å². The second-order valence-electron chi connectivity index (χ2n) is 11.3. The first-order valence-electron chi connectivity index (χ1n) is 14.6. The zero-order valence-corrected chi connectivity index (χ0v) is 25.1. The normalized spacial score (nSPS) is 15.1. The molecule has 232 valence electrons. The Labute approximate surface area is 269 Å². The molecular weight excluding hydrogens is 629 g/mol. The van der Waals surface area contributed by atoms with E-state index in [0.29, 0.717) is 56.0 Å². The van der Waals surface area contributed by atoms with Gasteiger partial charge in [0, 0.05) is 44.6 Å². The first kappa shape index (κ1) is 28.8. The minimum atomic E-state index is -4.50. The van der Waals surface area contributed by atoms with Crippen molar-refractivity contribution in [2.24, 2.45) is 4.99 Å². The van der Waals surface area contributed by atoms with Crippen molar-refractivity contribution in [2.45, 2.75) is 6.18 Å². The Morgan fingerprint density at radius 2 is 1.38 bits per heavy atom. The van der Waals surface area contributed by atoms with Crippen LogP contribution < -0.4 is 10.6 Å². The van der Waals surface area contributed by atoms with Gasteiger partial charge in [-0.1, -0.05) is 41.9 Å². The highest BCUT2D eigenvalue weighted by molar-refractivity contribution is 6.31. The second-order valence-corrected chi connectivity index (χ2v) is 11.7. The molecule has 4 N–H and O–H groups in total. The first-order valence-corrected chi connectivity index (χ1v) is 15.0. The van der Waals surface area contributed by atoms with Gasteiger partial charge >= 0.3 is 6.18 Å². The van der Waals surface area contributed by atoms with Crippen molar-refractivity contribution in [1.82, 2.24) is 9.97 Å². The molecule has 8 nitrogen and oxygen atoms in total. The highest BCUT2D eigenvalue weighted by Crippen LogP contribution is 2.37. The number of carbonyl (C=O) groups excluding carboxylic acids is 2. The molecule has 2 aromatic heterocycles. The number of carbonyl (C=O) groups is 2. The summed E-state index contributed by atoms with van der Waals surface area (Å²) in [6.07, 6.45) is -4.50. The van der Waals surface area contributed by atoms with Crippen molar-refractivity contribution in [2.75, 3.05) is 23.7 Å². The van der Waals surface area contributed by atoms with Gasteiger partial charge in [0.1, 0.15) is 12.2 Å². The van der Waals surface area contributed by atoms with E-state index in [1.165, 1.54) is 12.1 Å². The summed E-state index contributed by atoms with van der Waals surface area (Å²) >= 11 is 6.12. The molecule has 47 heavy (non-hydrogen) atoms. The maximum atomic E-state index is 13.5. The lowest BCUT2D eigenvalue weighted by Crippen LogP contribution is -2.25. The molecule has 0 fully saturated rings. The summed E-state index contributed by atoms with van der Waals surface area (Å²) in [6, 6.07) is 25.0. The van der Waals surface area contributed by atoms with Gasteiger partial charge in [-0.3, -0.25) is 14.6 Å². The molecule has 0 radical (unpaired) electrons. The van der Waals surface area contributed by atoms with E-state index < -0.39 is 11.7 Å². The van der Waals surface area contributed by atoms with E-state index in [0.717, 1.165) is 34.0 Å². The van der Waals surface area contributed by atoms with Crippen molar-refractivity contribution in [3.05, 3.63) is 124 Å². The number of aliphatic imine (C=N–C) groups is 1. The number of fused-ring (bicyclic) bond motifs is 6. The second kappa shape index (κ2) is 10.7. The highest BCUT2D eigenvalue weighted by atomic mass is 35.5. The molecule has 0 saturated heterocycles. The van der Waals surface area contributed by atoms with E-state index in [4.69, 9.17) is 11.6 Å². The summed E-state index contributed by atoms with van der Waals surface area (Å²) in [6.45, 7) is -0.172. The molecule has 2 aliphatic heterocycles. The maximum absolute atomic E-state index is 13.5. The van der Waals surface area contributed by atoms with Crippen LogP contribution in [0.4, 0.5) is 30.2 Å². The molecule has 0 aliphatic carbocycles. The number of anilines is 2. The van der Waals surface area contributed by atoms with Crippen LogP contribution in [-0.2, 0) is 15.8 Å². The Kier molecular flexibility index (Phi) is 6.55. The lowest BCUT2D eigenvalue weighted by molar-refractivity contribution is -0.426. The summed E-state index contributed by atoms with van der Waals surface area (Å²) in [5.74, 6) is -0.571. The summed E-state index contributed by atoms with van der Waals surface area (Å²) in [4.78, 5) is 37.5. The Morgan fingerprint density at radius 1 is 0.723 bits per heavy atom. The molecule has 8 rings (SSSR count). The summed E-state index contributed by atoms with van der Waals surface area (Å²) in [5.41, 5.74) is 5.89. The van der Waals surface area contributed by atoms with E-state index >= 15 is 0 Å². The van der Waals surface area contributed by atoms with Gasteiger partial charge in [-0.05, 0) is 48.5 Å². The van der Waals surface area contributed by atoms with Crippen molar-refractivity contribution in [3.63, 3.8) is 0 Å². The number of alkyl halides is 3. The van der Waals surface area contributed by atoms with E-state index in [1.807, 2.05) is 54.6 Å². The number of amides is 2. The first-order chi connectivity index (χ1) is 22.6. The lowest BCUT2D eigenvalue weighted by Gasteiger charge is -2.10. The molecule has 0 saturated carbocycles. The number of hydrogen-bond donors (Lipinski definition) is 4. The number of nitrogens with zero attached hydrogens (tertiary/aromatic N) is 2. The number of para-hydroxylation sites is 1. The smallest absolute Gasteiger partial charge is 0.351 e. The van der Waals surface area contributed by atoms with Crippen molar-refractivity contribution >= 4 is 73.7 Å². The fourth-order valence-electron chi connectivity index (χ4n) is 6.24. The third-order valence-corrected chi connectivity index (χ3v) is 8.61. The van der Waals surface area contributed by atoms with Gasteiger partial charge in [0.25, 0.3) is 5.91 Å². The van der Waals surface area contributed by atoms with Gasteiger partial charge in [-0.2, -0.15) is 17.7 Å². The van der Waals surface area contributed by atoms with Gasteiger partial charge in [0.05, 0.1) is 33.9 Å². The number of nitrogens with one attached hydrogen (secondary N) is 4. The zero-order chi connectivity index (χ0) is 32.4. The van der Waals surface area contributed by atoms with Gasteiger partial charge in [-0.15, -0.1) is 0 Å². The molecule has 4 heterocycles. The number of hydrogen-bond acceptors (Lipinski definition) is 3. The lowest BCUT2D eigenvalue weighted by atomic mass is 10.0. The molecular formula is C35H23ClF3N6O2+. The van der Waals surface area contributed by atoms with Crippen molar-refractivity contribution in [1.29, 1.82) is 0 Å². The molecule has 0 spiro atoms. The largest absolute Gasteiger partial charge is 0.416 e. The van der Waals surface area contributed by atoms with Gasteiger partial charge in [-0.25, -0.2) is 0 Å². The van der Waals surface area contributed by atoms with E-state index in [9.17, 15) is 22.8 Å². The topological polar surface area (TPSA) is 105 Å². The monoisotopic (exact) mass is 651 g/mol. The molecule has 4 aromatic carbocycles. The quantitative estimate of drug-likeness (QED) is 0.152. The Hall–Kier alpha value is -5.68. The third-order valence-electron chi connectivity index (χ3n) is 8.36. The standard InChI is InChI=1S/C35H22ClF3N6O2/c36-21-11-7-18(8-12-21)29-32-30(43-27(46)16-40-29)24-14-13-22(15-26(24)42-32)45-17-28(47)44-31-23-3-1-2-4-25(23)41-33(31)34(45)19-5-9-20(10-6-19)35(37,38)39/h1-15H,16-17H2,(H3,40,41,42,43,44,46,47)/p+1. The number of benzene rings is 4. The number of aromatic amines is 2. The Bertz CT molecular complexity index is 2330. The Balaban J connectivity index is 1.35. The predicted octanol–water partition coefficient (Wildman–Crippen LogP) is 7.24. The number of halogens is 4. The van der Waals surface area contributed by atoms with Crippen LogP contribution in [0.2, 0.25) is 5.02 Å². The molecule has 0 atom stereocenters. The van der Waals surface area contributed by atoms with Gasteiger partial charge in [0.15, 0.2) is 0 Å². The van der Waals surface area contributed by atoms with Crippen molar-refractivity contribution < 1.29 is 27.3 Å². The number of rotatable bonds is 3. The summed E-state index contributed by atoms with van der Waals surface area (Å²) in [7, 11) is 0. The van der Waals surface area contributed by atoms with Crippen LogP contribution >= 0.6 is 11.6 Å². The zero-order valence-electron chi connectivity index (χ0n) is 24.3. The van der Waals surface area contributed by atoms with Gasteiger partial charge in [0.2, 0.25) is 23.9 Å². The predicted molar refractivity (Wildman–Crippen MR) is 175 cm³/mol. The molecule has 2 aliphatic rings. The average Bonchev–Trinajstić information content (AvgIpc) is 3.48. The summed E-state index contributed by atoms with van der Waals surface area (Å²) in [5, 5.41) is 8.03. The SMILES string of the molecule is O=C1CN=C(c2ccc(Cl)cc2)c2[nH]c3cc([N+]4=C(c5ccc(C(F)(F)F)cc5)c5[nH]c6ccccc6c5NC(=O)C4)ccc3c2N1. The Morgan fingerprint density at radius 3 is 2.15 bits per heavy atom. The van der Waals surface area contributed by atoms with E-state index in [1.54, 1.807) is 16.7 Å². The minimum absolute atomic E-state index is 0.0543. The summed E-state index contributed by atoms with van der Waals surface area (Å²) < 4.78 is 42.4. The number of aromatic nitrogens is 2. The van der Waals surface area contributed by atoms with Crippen LogP contribution in [0, 0.1) is 0 Å². The van der Waals surface area contributed by atoms with Crippen LogP contribution in [0.25, 0.3) is 21.8 Å². The fourth-order valence-corrected chi connectivity index (χ4v) is 6.36. The third kappa shape index (κ3) is 4.95.